The van der Waals surface area contributed by atoms with Crippen molar-refractivity contribution in [2.45, 2.75) is 20.8 Å². The van der Waals surface area contributed by atoms with Crippen molar-refractivity contribution in [1.29, 1.82) is 0 Å². The largest absolute Gasteiger partial charge is 0.355 e. The summed E-state index contributed by atoms with van der Waals surface area (Å²) in [6.07, 6.45) is 5.65. The van der Waals surface area contributed by atoms with E-state index in [1.807, 2.05) is 72.8 Å². The summed E-state index contributed by atoms with van der Waals surface area (Å²) in [4.78, 5) is 17.0. The molecule has 2 heterocycles. The quantitative estimate of drug-likeness (QED) is 0.373. The highest BCUT2D eigenvalue weighted by Crippen LogP contribution is 2.26. The first-order valence-corrected chi connectivity index (χ1v) is 10.6. The lowest BCUT2D eigenvalue weighted by molar-refractivity contribution is 0.0940. The van der Waals surface area contributed by atoms with Gasteiger partial charge in [0, 0.05) is 23.8 Å². The van der Waals surface area contributed by atoms with Crippen LogP contribution in [0.15, 0.2) is 66.9 Å². The third-order valence-corrected chi connectivity index (χ3v) is 4.92. The molecule has 2 aromatic carbocycles. The minimum atomic E-state index is -0.0902. The number of hydrogen-bond acceptors (Lipinski definition) is 4. The Hall–Kier alpha value is -3.93. The summed E-state index contributed by atoms with van der Waals surface area (Å²) in [6, 6.07) is 19.3. The zero-order chi connectivity index (χ0) is 22.6. The normalized spacial score (nSPS) is 11.7. The van der Waals surface area contributed by atoms with Gasteiger partial charge in [0.05, 0.1) is 28.2 Å². The molecular formula is C26H27N5O. The van der Waals surface area contributed by atoms with Crippen LogP contribution in [0.1, 0.15) is 42.5 Å². The molecular weight excluding hydrogens is 398 g/mol. The molecule has 4 rings (SSSR count). The average Bonchev–Trinajstić information content (AvgIpc) is 3.19. The van der Waals surface area contributed by atoms with E-state index in [4.69, 9.17) is 0 Å². The van der Waals surface area contributed by atoms with Gasteiger partial charge in [0.15, 0.2) is 0 Å². The van der Waals surface area contributed by atoms with Gasteiger partial charge in [-0.05, 0) is 60.0 Å². The van der Waals surface area contributed by atoms with Gasteiger partial charge < -0.3 is 10.6 Å². The van der Waals surface area contributed by atoms with Crippen molar-refractivity contribution in [2.75, 3.05) is 11.9 Å². The second kappa shape index (κ2) is 9.06. The van der Waals surface area contributed by atoms with Gasteiger partial charge in [-0.15, -0.1) is 0 Å². The molecule has 6 heteroatoms. The first-order chi connectivity index (χ1) is 15.4. The van der Waals surface area contributed by atoms with Crippen LogP contribution in [0, 0.1) is 5.41 Å². The lowest BCUT2D eigenvalue weighted by atomic mass is 9.97. The van der Waals surface area contributed by atoms with Crippen LogP contribution in [-0.2, 0) is 0 Å². The molecule has 32 heavy (non-hydrogen) atoms. The molecule has 0 aliphatic heterocycles. The Morgan fingerprint density at radius 2 is 1.84 bits per heavy atom. The molecule has 0 atom stereocenters. The predicted octanol–water partition coefficient (Wildman–Crippen LogP) is 5.65. The van der Waals surface area contributed by atoms with Gasteiger partial charge in [0.2, 0.25) is 0 Å². The standard InChI is InChI=1S/C26H27N5O/c1-26(2,3)17-28-25(32)21-9-4-5-10-22(21)29-19-11-13-20-23(30-31-24(20)16-19)14-12-18-8-6-7-15-27-18/h4-16,29H,17H2,1-3H3,(H,28,32)(H,30,31)/b14-12+. The van der Waals surface area contributed by atoms with E-state index in [1.54, 1.807) is 6.20 Å². The summed E-state index contributed by atoms with van der Waals surface area (Å²) in [5.74, 6) is -0.0902. The van der Waals surface area contributed by atoms with Gasteiger partial charge >= 0.3 is 0 Å². The van der Waals surface area contributed by atoms with Crippen molar-refractivity contribution in [1.82, 2.24) is 20.5 Å². The minimum Gasteiger partial charge on any atom is -0.355 e. The van der Waals surface area contributed by atoms with Gasteiger partial charge in [-0.2, -0.15) is 5.10 Å². The number of anilines is 2. The number of pyridine rings is 1. The molecule has 162 valence electrons. The van der Waals surface area contributed by atoms with E-state index in [9.17, 15) is 4.79 Å². The number of H-pyrrole nitrogens is 1. The van der Waals surface area contributed by atoms with E-state index < -0.39 is 0 Å². The molecule has 4 aromatic rings. The number of benzene rings is 2. The highest BCUT2D eigenvalue weighted by atomic mass is 16.1. The second-order valence-electron chi connectivity index (χ2n) is 8.87. The van der Waals surface area contributed by atoms with E-state index in [2.05, 4.69) is 46.6 Å². The molecule has 0 fully saturated rings. The Labute approximate surface area is 187 Å². The number of hydrogen-bond donors (Lipinski definition) is 3. The second-order valence-corrected chi connectivity index (χ2v) is 8.87. The lowest BCUT2D eigenvalue weighted by Crippen LogP contribution is -2.32. The van der Waals surface area contributed by atoms with Gasteiger partial charge in [-0.1, -0.05) is 39.0 Å². The number of carbonyl (C=O) groups excluding carboxylic acids is 1. The van der Waals surface area contributed by atoms with Gasteiger partial charge in [-0.3, -0.25) is 14.9 Å². The Balaban J connectivity index is 1.53. The molecule has 1 amide bonds. The maximum atomic E-state index is 12.7. The van der Waals surface area contributed by atoms with Crippen LogP contribution >= 0.6 is 0 Å². The van der Waals surface area contributed by atoms with Crippen molar-refractivity contribution in [3.05, 3.63) is 83.8 Å². The monoisotopic (exact) mass is 425 g/mol. The number of aromatic amines is 1. The molecule has 2 aromatic heterocycles. The smallest absolute Gasteiger partial charge is 0.253 e. The fraction of sp³-hybridized carbons (Fsp3) is 0.192. The van der Waals surface area contributed by atoms with Crippen LogP contribution in [0.25, 0.3) is 23.1 Å². The zero-order valence-electron chi connectivity index (χ0n) is 18.5. The maximum Gasteiger partial charge on any atom is 0.253 e. The van der Waals surface area contributed by atoms with E-state index in [0.29, 0.717) is 12.1 Å². The average molecular weight is 426 g/mol. The number of carbonyl (C=O) groups is 1. The Bertz CT molecular complexity index is 1250. The van der Waals surface area contributed by atoms with Crippen LogP contribution in [0.5, 0.6) is 0 Å². The predicted molar refractivity (Wildman–Crippen MR) is 131 cm³/mol. The van der Waals surface area contributed by atoms with Crippen LogP contribution in [0.2, 0.25) is 0 Å². The number of fused-ring (bicyclic) bond motifs is 1. The number of amides is 1. The summed E-state index contributed by atoms with van der Waals surface area (Å²) >= 11 is 0. The molecule has 0 aliphatic rings. The van der Waals surface area contributed by atoms with Crippen molar-refractivity contribution in [3.63, 3.8) is 0 Å². The van der Waals surface area contributed by atoms with Crippen molar-refractivity contribution >= 4 is 40.3 Å². The van der Waals surface area contributed by atoms with Crippen LogP contribution in [-0.4, -0.2) is 27.6 Å². The highest BCUT2D eigenvalue weighted by Gasteiger charge is 2.15. The number of aromatic nitrogens is 3. The van der Waals surface area contributed by atoms with Crippen LogP contribution < -0.4 is 10.6 Å². The third kappa shape index (κ3) is 5.21. The van der Waals surface area contributed by atoms with Crippen molar-refractivity contribution in [3.8, 4) is 0 Å². The fourth-order valence-electron chi connectivity index (χ4n) is 3.27. The Morgan fingerprint density at radius 3 is 2.62 bits per heavy atom. The molecule has 0 unspecified atom stereocenters. The Morgan fingerprint density at radius 1 is 1.03 bits per heavy atom. The fourth-order valence-corrected chi connectivity index (χ4v) is 3.27. The molecule has 0 saturated carbocycles. The summed E-state index contributed by atoms with van der Waals surface area (Å²) in [5, 5.41) is 14.9. The number of nitrogens with zero attached hydrogens (tertiary/aromatic N) is 2. The summed E-state index contributed by atoms with van der Waals surface area (Å²) in [7, 11) is 0. The molecule has 3 N–H and O–H groups in total. The van der Waals surface area contributed by atoms with E-state index in [-0.39, 0.29) is 11.3 Å². The number of nitrogens with one attached hydrogen (secondary N) is 3. The molecule has 6 nitrogen and oxygen atoms in total. The molecule has 0 radical (unpaired) electrons. The summed E-state index contributed by atoms with van der Waals surface area (Å²) in [6.45, 7) is 6.89. The zero-order valence-corrected chi connectivity index (χ0v) is 18.5. The first kappa shape index (κ1) is 21.3. The van der Waals surface area contributed by atoms with Gasteiger partial charge in [0.1, 0.15) is 0 Å². The lowest BCUT2D eigenvalue weighted by Gasteiger charge is -2.19. The van der Waals surface area contributed by atoms with E-state index in [0.717, 1.165) is 33.7 Å². The van der Waals surface area contributed by atoms with Crippen LogP contribution in [0.4, 0.5) is 11.4 Å². The first-order valence-electron chi connectivity index (χ1n) is 10.6. The van der Waals surface area contributed by atoms with E-state index in [1.165, 1.54) is 0 Å². The number of para-hydroxylation sites is 1. The molecule has 0 saturated heterocycles. The van der Waals surface area contributed by atoms with E-state index >= 15 is 0 Å². The Kier molecular flexibility index (Phi) is 6.03. The highest BCUT2D eigenvalue weighted by molar-refractivity contribution is 6.00. The van der Waals surface area contributed by atoms with Gasteiger partial charge in [0.25, 0.3) is 5.91 Å². The maximum absolute atomic E-state index is 12.7. The van der Waals surface area contributed by atoms with Crippen LogP contribution in [0.3, 0.4) is 0 Å². The molecule has 0 aliphatic carbocycles. The SMILES string of the molecule is CC(C)(C)CNC(=O)c1ccccc1Nc1ccc2c(/C=C/c3ccccn3)n[nH]c2c1. The van der Waals surface area contributed by atoms with Crippen molar-refractivity contribution < 1.29 is 4.79 Å². The molecule has 0 bridgehead atoms. The topological polar surface area (TPSA) is 82.7 Å². The summed E-state index contributed by atoms with van der Waals surface area (Å²) in [5.41, 5.74) is 4.89. The minimum absolute atomic E-state index is 0.0203. The van der Waals surface area contributed by atoms with Crippen molar-refractivity contribution in [2.24, 2.45) is 5.41 Å². The number of rotatable bonds is 6. The summed E-state index contributed by atoms with van der Waals surface area (Å²) < 4.78 is 0. The molecule has 0 spiro atoms. The third-order valence-electron chi connectivity index (χ3n) is 4.92. The van der Waals surface area contributed by atoms with Gasteiger partial charge in [-0.25, -0.2) is 0 Å².